The zero-order chi connectivity index (χ0) is 14.5. The summed E-state index contributed by atoms with van der Waals surface area (Å²) in [5, 5.41) is 3.54. The van der Waals surface area contributed by atoms with Crippen molar-refractivity contribution in [1.29, 1.82) is 0 Å². The summed E-state index contributed by atoms with van der Waals surface area (Å²) in [5.74, 6) is 0.903. The average Bonchev–Trinajstić information content (AvgIpc) is 2.36. The van der Waals surface area contributed by atoms with Gasteiger partial charge in [-0.25, -0.2) is 0 Å². The van der Waals surface area contributed by atoms with Crippen molar-refractivity contribution in [3.8, 4) is 0 Å². The van der Waals surface area contributed by atoms with E-state index >= 15 is 0 Å². The molecule has 0 heterocycles. The molecule has 1 aliphatic rings. The molecule has 0 amide bonds. The lowest BCUT2D eigenvalue weighted by atomic mass is 9.85. The number of hydrogen-bond acceptors (Lipinski definition) is 2. The molecule has 20 heavy (non-hydrogen) atoms. The van der Waals surface area contributed by atoms with E-state index in [4.69, 9.17) is 0 Å². The van der Waals surface area contributed by atoms with Crippen molar-refractivity contribution in [2.75, 3.05) is 18.0 Å². The van der Waals surface area contributed by atoms with Crippen LogP contribution in [0.15, 0.2) is 22.7 Å². The van der Waals surface area contributed by atoms with E-state index in [1.807, 2.05) is 0 Å². The molecule has 1 aliphatic carbocycles. The van der Waals surface area contributed by atoms with E-state index in [2.05, 4.69) is 65.1 Å². The number of nitrogens with one attached hydrogen (secondary N) is 1. The van der Waals surface area contributed by atoms with Crippen LogP contribution in [0.25, 0.3) is 0 Å². The van der Waals surface area contributed by atoms with Gasteiger partial charge < -0.3 is 10.2 Å². The summed E-state index contributed by atoms with van der Waals surface area (Å²) in [6.07, 6.45) is 4.23. The van der Waals surface area contributed by atoms with Crippen molar-refractivity contribution in [1.82, 2.24) is 5.32 Å². The van der Waals surface area contributed by atoms with Crippen molar-refractivity contribution < 1.29 is 0 Å². The Morgan fingerprint density at radius 3 is 2.65 bits per heavy atom. The summed E-state index contributed by atoms with van der Waals surface area (Å²) < 4.78 is 1.17. The maximum Gasteiger partial charge on any atom is 0.0423 e. The zero-order valence-corrected chi connectivity index (χ0v) is 14.5. The van der Waals surface area contributed by atoms with Crippen LogP contribution in [0, 0.1) is 5.92 Å². The van der Waals surface area contributed by atoms with Gasteiger partial charge in [0, 0.05) is 35.8 Å². The highest BCUT2D eigenvalue weighted by atomic mass is 79.9. The highest BCUT2D eigenvalue weighted by Crippen LogP contribution is 2.31. The molecule has 2 rings (SSSR count). The molecule has 3 heteroatoms. The maximum atomic E-state index is 3.62. The molecule has 1 aromatic rings. The van der Waals surface area contributed by atoms with E-state index in [0.29, 0.717) is 6.04 Å². The standard InChI is InChI=1S/C17H27BrN2/c1-4-20(12-14-6-5-7-14)17-10-16(18)9-8-15(17)11-19-13(2)3/h8-10,13-14,19H,4-7,11-12H2,1-3H3. The van der Waals surface area contributed by atoms with E-state index < -0.39 is 0 Å². The van der Waals surface area contributed by atoms with Gasteiger partial charge in [-0.2, -0.15) is 0 Å². The molecule has 0 bridgehead atoms. The summed E-state index contributed by atoms with van der Waals surface area (Å²) in [4.78, 5) is 2.55. The predicted molar refractivity (Wildman–Crippen MR) is 91.3 cm³/mol. The van der Waals surface area contributed by atoms with Crippen molar-refractivity contribution >= 4 is 21.6 Å². The number of rotatable bonds is 7. The van der Waals surface area contributed by atoms with E-state index in [9.17, 15) is 0 Å². The summed E-state index contributed by atoms with van der Waals surface area (Å²) in [5.41, 5.74) is 2.80. The average molecular weight is 339 g/mol. The first-order valence-electron chi connectivity index (χ1n) is 7.87. The number of anilines is 1. The van der Waals surface area contributed by atoms with Gasteiger partial charge in [0.15, 0.2) is 0 Å². The van der Waals surface area contributed by atoms with Gasteiger partial charge in [-0.15, -0.1) is 0 Å². The minimum absolute atomic E-state index is 0.521. The number of benzene rings is 1. The quantitative estimate of drug-likeness (QED) is 0.783. The molecule has 0 spiro atoms. The molecule has 1 saturated carbocycles. The van der Waals surface area contributed by atoms with Gasteiger partial charge in [-0.1, -0.05) is 42.3 Å². The number of nitrogens with zero attached hydrogens (tertiary/aromatic N) is 1. The molecule has 0 unspecified atom stereocenters. The Balaban J connectivity index is 2.14. The van der Waals surface area contributed by atoms with Crippen molar-refractivity contribution in [2.45, 2.75) is 52.6 Å². The second kappa shape index (κ2) is 7.46. The van der Waals surface area contributed by atoms with Crippen LogP contribution in [-0.2, 0) is 6.54 Å². The SMILES string of the molecule is CCN(CC1CCC1)c1cc(Br)ccc1CNC(C)C. The molecule has 1 N–H and O–H groups in total. The third-order valence-corrected chi connectivity index (χ3v) is 4.67. The molecule has 0 radical (unpaired) electrons. The molecule has 0 saturated heterocycles. The first-order chi connectivity index (χ1) is 9.60. The maximum absolute atomic E-state index is 3.62. The fourth-order valence-corrected chi connectivity index (χ4v) is 3.03. The molecular weight excluding hydrogens is 312 g/mol. The minimum atomic E-state index is 0.521. The fraction of sp³-hybridized carbons (Fsp3) is 0.647. The topological polar surface area (TPSA) is 15.3 Å². The summed E-state index contributed by atoms with van der Waals surface area (Å²) >= 11 is 3.62. The third-order valence-electron chi connectivity index (χ3n) is 4.17. The smallest absolute Gasteiger partial charge is 0.0423 e. The van der Waals surface area contributed by atoms with Crippen molar-refractivity contribution in [3.63, 3.8) is 0 Å². The van der Waals surface area contributed by atoms with Crippen LogP contribution >= 0.6 is 15.9 Å². The Morgan fingerprint density at radius 1 is 1.35 bits per heavy atom. The number of hydrogen-bond donors (Lipinski definition) is 1. The predicted octanol–water partition coefficient (Wildman–Crippen LogP) is 4.57. The fourth-order valence-electron chi connectivity index (χ4n) is 2.68. The van der Waals surface area contributed by atoms with E-state index in [1.54, 1.807) is 0 Å². The Hall–Kier alpha value is -0.540. The van der Waals surface area contributed by atoms with Crippen molar-refractivity contribution in [2.24, 2.45) is 5.92 Å². The molecule has 0 aliphatic heterocycles. The lowest BCUT2D eigenvalue weighted by Crippen LogP contribution is -2.33. The number of halogens is 1. The lowest BCUT2D eigenvalue weighted by Gasteiger charge is -2.34. The minimum Gasteiger partial charge on any atom is -0.371 e. The largest absolute Gasteiger partial charge is 0.371 e. The van der Waals surface area contributed by atoms with Gasteiger partial charge in [0.25, 0.3) is 0 Å². The van der Waals surface area contributed by atoms with Crippen LogP contribution in [0.3, 0.4) is 0 Å². The van der Waals surface area contributed by atoms with Gasteiger partial charge in [-0.05, 0) is 43.4 Å². The molecule has 1 aromatic carbocycles. The molecule has 0 aromatic heterocycles. The second-order valence-corrected chi connectivity index (χ2v) is 7.06. The Kier molecular flexibility index (Phi) is 5.91. The molecular formula is C17H27BrN2. The Labute approximate surface area is 132 Å². The van der Waals surface area contributed by atoms with Crippen LogP contribution in [0.1, 0.15) is 45.6 Å². The van der Waals surface area contributed by atoms with E-state index in [-0.39, 0.29) is 0 Å². The van der Waals surface area contributed by atoms with Crippen LogP contribution < -0.4 is 10.2 Å². The van der Waals surface area contributed by atoms with E-state index in [1.165, 1.54) is 41.5 Å². The Morgan fingerprint density at radius 2 is 2.10 bits per heavy atom. The normalized spacial score (nSPS) is 15.4. The van der Waals surface area contributed by atoms with Crippen molar-refractivity contribution in [3.05, 3.63) is 28.2 Å². The van der Waals surface area contributed by atoms with Crippen LogP contribution in [0.4, 0.5) is 5.69 Å². The Bertz CT molecular complexity index is 427. The van der Waals surface area contributed by atoms with Crippen LogP contribution in [-0.4, -0.2) is 19.1 Å². The summed E-state index contributed by atoms with van der Waals surface area (Å²) in [7, 11) is 0. The highest BCUT2D eigenvalue weighted by Gasteiger charge is 2.21. The third kappa shape index (κ3) is 4.23. The molecule has 2 nitrogen and oxygen atoms in total. The monoisotopic (exact) mass is 338 g/mol. The van der Waals surface area contributed by atoms with Gasteiger partial charge >= 0.3 is 0 Å². The molecule has 0 atom stereocenters. The highest BCUT2D eigenvalue weighted by molar-refractivity contribution is 9.10. The first kappa shape index (κ1) is 15.8. The molecule has 1 fully saturated rings. The molecule has 112 valence electrons. The van der Waals surface area contributed by atoms with E-state index in [0.717, 1.165) is 19.0 Å². The van der Waals surface area contributed by atoms with Crippen LogP contribution in [0.5, 0.6) is 0 Å². The van der Waals surface area contributed by atoms with Crippen LogP contribution in [0.2, 0.25) is 0 Å². The first-order valence-corrected chi connectivity index (χ1v) is 8.66. The summed E-state index contributed by atoms with van der Waals surface area (Å²) in [6, 6.07) is 7.20. The van der Waals surface area contributed by atoms with Gasteiger partial charge in [-0.3, -0.25) is 0 Å². The zero-order valence-electron chi connectivity index (χ0n) is 13.0. The second-order valence-electron chi connectivity index (χ2n) is 6.14. The van der Waals surface area contributed by atoms with Gasteiger partial charge in [0.05, 0.1) is 0 Å². The van der Waals surface area contributed by atoms with Gasteiger partial charge in [0.1, 0.15) is 0 Å². The lowest BCUT2D eigenvalue weighted by molar-refractivity contribution is 0.318. The van der Waals surface area contributed by atoms with Gasteiger partial charge in [0.2, 0.25) is 0 Å². The summed E-state index contributed by atoms with van der Waals surface area (Å²) in [6.45, 7) is 9.90.